The molecule has 1 saturated carbocycles. The molecule has 0 aromatic rings. The van der Waals surface area contributed by atoms with Crippen molar-refractivity contribution in [3.8, 4) is 0 Å². The summed E-state index contributed by atoms with van der Waals surface area (Å²) in [5, 5.41) is 0. The Balaban J connectivity index is -0.000000540. The van der Waals surface area contributed by atoms with Crippen molar-refractivity contribution >= 4 is 46.9 Å². The minimum Gasteiger partial charge on any atom is -0.790 e. The van der Waals surface area contributed by atoms with E-state index in [4.69, 9.17) is 29.4 Å². The zero-order chi connectivity index (χ0) is 28.7. The number of phosphoric acid groups is 6. The predicted octanol–water partition coefficient (Wildman–Crippen LogP) is -24.9. The topological polar surface area (TPSA) is 418 Å². The van der Waals surface area contributed by atoms with Crippen LogP contribution < -0.4 is 338 Å². The third-order valence-corrected chi connectivity index (χ3v) is 6.53. The first-order valence-corrected chi connectivity index (χ1v) is 16.9. The van der Waals surface area contributed by atoms with Gasteiger partial charge in [-0.3, -0.25) is 13.6 Å². The smallest absolute Gasteiger partial charge is 0.790 e. The first-order chi connectivity index (χ1) is 15.6. The maximum atomic E-state index is 11.4. The molecule has 24 nitrogen and oxygen atoms in total. The second-order valence-corrected chi connectivity index (χ2v) is 13.1. The van der Waals surface area contributed by atoms with Crippen molar-refractivity contribution in [1.29, 1.82) is 0 Å². The molecule has 0 spiro atoms. The summed E-state index contributed by atoms with van der Waals surface area (Å²) in [6.07, 6.45) is -20.2. The average molecular weight is 889 g/mol. The summed E-state index contributed by atoms with van der Waals surface area (Å²) in [7, 11) is -38.1. The molecule has 0 aromatic heterocycles. The molecule has 36 heteroatoms. The molecule has 1 aliphatic carbocycles. The maximum absolute atomic E-state index is 11.4. The van der Waals surface area contributed by atoms with Crippen molar-refractivity contribution in [2.45, 2.75) is 36.6 Å². The van der Waals surface area contributed by atoms with Crippen LogP contribution in [0.4, 0.5) is 0 Å². The van der Waals surface area contributed by atoms with E-state index >= 15 is 0 Å². The van der Waals surface area contributed by atoms with E-state index in [1.165, 1.54) is 0 Å². The first-order valence-electron chi connectivity index (χ1n) is 7.90. The Labute approximate surface area is 491 Å². The van der Waals surface area contributed by atoms with Crippen LogP contribution in [-0.2, 0) is 54.5 Å². The van der Waals surface area contributed by atoms with Crippen molar-refractivity contribution < 1.29 is 422 Å². The molecule has 0 aromatic carbocycles. The molecule has 0 heterocycles. The number of hydrogen-bond donors (Lipinski definition) is 6. The van der Waals surface area contributed by atoms with E-state index < -0.39 is 83.6 Å². The van der Waals surface area contributed by atoms with Gasteiger partial charge in [-0.25, -0.2) is 13.7 Å². The molecule has 6 atom stereocenters. The van der Waals surface area contributed by atoms with Crippen molar-refractivity contribution in [2.24, 2.45) is 0 Å². The van der Waals surface area contributed by atoms with E-state index in [0.29, 0.717) is 0 Å². The molecule has 42 heavy (non-hydrogen) atoms. The number of rotatable bonds is 12. The quantitative estimate of drug-likeness (QED) is 0.0782. The van der Waals surface area contributed by atoms with Gasteiger partial charge in [-0.05, 0) is 0 Å². The Morgan fingerprint density at radius 2 is 0.452 bits per heavy atom. The summed E-state index contributed by atoms with van der Waals surface area (Å²) in [6.45, 7) is 0. The van der Waals surface area contributed by atoms with Crippen LogP contribution in [0.15, 0.2) is 0 Å². The third kappa shape index (κ3) is 29.7. The second kappa shape index (κ2) is 26.4. The van der Waals surface area contributed by atoms with Gasteiger partial charge in [0.25, 0.3) is 0 Å². The predicted molar refractivity (Wildman–Crippen MR) is 88.2 cm³/mol. The minimum absolute atomic E-state index is 0. The molecular weight excluding hydrogens is 876 g/mol. The van der Waals surface area contributed by atoms with Crippen LogP contribution >= 0.6 is 46.9 Å². The Morgan fingerprint density at radius 3 is 0.548 bits per heavy atom. The van der Waals surface area contributed by atoms with Crippen LogP contribution in [0.1, 0.15) is 0 Å². The fourth-order valence-corrected chi connectivity index (χ4v) is 6.05. The normalized spacial score (nSPS) is 25.1. The molecule has 1 rings (SSSR count). The van der Waals surface area contributed by atoms with Crippen molar-refractivity contribution in [2.75, 3.05) is 0 Å². The van der Waals surface area contributed by atoms with Crippen LogP contribution in [-0.4, -0.2) is 66.0 Å². The van der Waals surface area contributed by atoms with Crippen molar-refractivity contribution in [3.05, 3.63) is 0 Å². The van der Waals surface area contributed by atoms with Crippen LogP contribution in [0, 0.1) is 0 Å². The van der Waals surface area contributed by atoms with E-state index in [2.05, 4.69) is 27.1 Å². The molecule has 6 N–H and O–H groups in total. The Bertz CT molecular complexity index is 843. The van der Waals surface area contributed by atoms with Gasteiger partial charge in [-0.15, -0.1) is 0 Å². The summed E-state index contributed by atoms with van der Waals surface area (Å²) in [6, 6.07) is 0. The van der Waals surface area contributed by atoms with E-state index in [0.717, 1.165) is 0 Å². The van der Waals surface area contributed by atoms with Gasteiger partial charge in [-0.1, -0.05) is 0 Å². The Kier molecular flexibility index (Phi) is 40.5. The van der Waals surface area contributed by atoms with Crippen LogP contribution in [0.25, 0.3) is 0 Å². The van der Waals surface area contributed by atoms with Gasteiger partial charge < -0.3 is 86.0 Å². The van der Waals surface area contributed by atoms with E-state index in [1.807, 2.05) is 0 Å². The summed E-state index contributed by atoms with van der Waals surface area (Å²) in [4.78, 5) is 121. The number of phosphoric ester groups is 6. The van der Waals surface area contributed by atoms with Crippen molar-refractivity contribution in [3.63, 3.8) is 0 Å². The van der Waals surface area contributed by atoms with Crippen LogP contribution in [0.5, 0.6) is 0 Å². The van der Waals surface area contributed by atoms with Gasteiger partial charge in [0, 0.05) is 0 Å². The largest absolute Gasteiger partial charge is 1.00 e. The number of hydrogen-bond acceptors (Lipinski definition) is 18. The monoisotopic (exact) mass is 888 g/mol. The third-order valence-electron chi connectivity index (χ3n) is 3.47. The molecule has 0 radical (unpaired) electrons. The summed E-state index contributed by atoms with van der Waals surface area (Å²) >= 11 is 0. The fraction of sp³-hybridized carbons (Fsp3) is 1.00. The van der Waals surface area contributed by atoms with E-state index in [1.54, 1.807) is 0 Å². The molecule has 1 aliphatic rings. The van der Waals surface area contributed by atoms with Gasteiger partial charge in [-0.2, -0.15) is 0 Å². The van der Waals surface area contributed by atoms with Gasteiger partial charge in [0.05, 0.1) is 23.5 Å². The Morgan fingerprint density at radius 1 is 0.333 bits per heavy atom. The molecule has 0 aliphatic heterocycles. The molecule has 0 amide bonds. The molecule has 216 valence electrons. The fourth-order valence-electron chi connectivity index (χ4n) is 2.76. The van der Waals surface area contributed by atoms with E-state index in [9.17, 15) is 56.8 Å². The summed E-state index contributed by atoms with van der Waals surface area (Å²) in [5.41, 5.74) is 0. The van der Waals surface area contributed by atoms with Gasteiger partial charge >= 0.3 is 332 Å². The first kappa shape index (κ1) is 64.4. The summed E-state index contributed by atoms with van der Waals surface area (Å²) in [5.74, 6) is 0. The molecular formula is C6H12K6O24P6. The Hall–Kier alpha value is 10.5. The standard InChI is InChI=1S/C6H18O24P6.6K/c7-31(8,9)25-1-2(26-32(10,11)12)4(28-34(16,17)18)6(30-36(22,23)24)5(29-35(19,20)21)3(1)27-33(13,14)15;;;;;;/h1-6H,(H2,7,8,9)(H2,10,11,12)(H2,13,14,15)(H2,16,17,18)(H2,19,20,21)(H2,22,23,24);;;;;;/q;6*+1/p-6/t1-,2-,3?,4?,5-,6-;;;;;;. The second-order valence-electron chi connectivity index (χ2n) is 6.23. The minimum atomic E-state index is -6.60. The van der Waals surface area contributed by atoms with Gasteiger partial charge in [0.15, 0.2) is 0 Å². The SMILES string of the molecule is O=P([O-])([O-])OC1[C@@H](OP(=O)([O-])[O-])[C@H](OP(=O)(O)O)C(OP(=O)(O)O)[C@H](OP(=O)(O)O)[C@H]1OP(=O)([O-])[O-].[K+].[K+].[K+].[K+].[K+].[K+]. The van der Waals surface area contributed by atoms with Gasteiger partial charge in [0.2, 0.25) is 0 Å². The zero-order valence-corrected chi connectivity index (χ0v) is 46.3. The summed E-state index contributed by atoms with van der Waals surface area (Å²) < 4.78 is 90.7. The van der Waals surface area contributed by atoms with E-state index in [-0.39, 0.29) is 308 Å². The molecule has 0 bridgehead atoms. The van der Waals surface area contributed by atoms with Crippen LogP contribution in [0.3, 0.4) is 0 Å². The molecule has 0 saturated heterocycles. The zero-order valence-electron chi connectivity index (χ0n) is 22.2. The van der Waals surface area contributed by atoms with Crippen molar-refractivity contribution in [1.82, 2.24) is 0 Å². The molecule has 2 unspecified atom stereocenters. The average Bonchev–Trinajstić information content (AvgIpc) is 2.51. The molecule has 1 fully saturated rings. The maximum Gasteiger partial charge on any atom is 1.00 e. The van der Waals surface area contributed by atoms with Crippen LogP contribution in [0.2, 0.25) is 0 Å². The van der Waals surface area contributed by atoms with Gasteiger partial charge in [0.1, 0.15) is 36.6 Å².